The van der Waals surface area contributed by atoms with Crippen LogP contribution in [0.2, 0.25) is 0 Å². The number of hydrogen-bond acceptors (Lipinski definition) is 4. The van der Waals surface area contributed by atoms with Gasteiger partial charge in [0, 0.05) is 31.2 Å². The molecule has 1 saturated heterocycles. The van der Waals surface area contributed by atoms with Gasteiger partial charge >= 0.3 is 6.09 Å². The molecule has 0 spiro atoms. The zero-order chi connectivity index (χ0) is 14.8. The Kier molecular flexibility index (Phi) is 5.21. The smallest absolute Gasteiger partial charge is 0.410 e. The Hall–Kier alpha value is -0.810. The third-order valence-corrected chi connectivity index (χ3v) is 3.44. The Morgan fingerprint density at radius 1 is 1.32 bits per heavy atom. The summed E-state index contributed by atoms with van der Waals surface area (Å²) in [6.45, 7) is 13.4. The lowest BCUT2D eigenvalue weighted by molar-refractivity contribution is -0.0253. The van der Waals surface area contributed by atoms with Gasteiger partial charge in [0.2, 0.25) is 0 Å². The summed E-state index contributed by atoms with van der Waals surface area (Å²) >= 11 is 0. The van der Waals surface area contributed by atoms with Crippen molar-refractivity contribution in [1.82, 2.24) is 9.80 Å². The van der Waals surface area contributed by atoms with Gasteiger partial charge < -0.3 is 14.7 Å². The highest BCUT2D eigenvalue weighted by Gasteiger charge is 2.36. The molecule has 112 valence electrons. The Labute approximate surface area is 116 Å². The summed E-state index contributed by atoms with van der Waals surface area (Å²) in [4.78, 5) is 16.2. The summed E-state index contributed by atoms with van der Waals surface area (Å²) in [5.41, 5.74) is -0.466. The molecular formula is C14H28N2O3. The zero-order valence-corrected chi connectivity index (χ0v) is 13.0. The molecule has 1 heterocycles. The fourth-order valence-corrected chi connectivity index (χ4v) is 2.51. The average Bonchev–Trinajstić information content (AvgIpc) is 2.24. The molecular weight excluding hydrogens is 244 g/mol. The highest BCUT2D eigenvalue weighted by atomic mass is 16.6. The molecule has 0 unspecified atom stereocenters. The minimum absolute atomic E-state index is 0.0904. The fraction of sp³-hybridized carbons (Fsp3) is 0.929. The van der Waals surface area contributed by atoms with Gasteiger partial charge in [0.1, 0.15) is 5.60 Å². The minimum atomic E-state index is -0.466. The molecule has 1 fully saturated rings. The van der Waals surface area contributed by atoms with Crippen LogP contribution in [0.25, 0.3) is 0 Å². The molecule has 0 aliphatic carbocycles. The van der Waals surface area contributed by atoms with E-state index in [9.17, 15) is 9.90 Å². The van der Waals surface area contributed by atoms with Gasteiger partial charge in [-0.05, 0) is 41.5 Å². The van der Waals surface area contributed by atoms with Crippen LogP contribution in [0.5, 0.6) is 0 Å². The first-order valence-corrected chi connectivity index (χ1v) is 7.02. The maximum Gasteiger partial charge on any atom is 0.410 e. The molecule has 19 heavy (non-hydrogen) atoms. The molecule has 0 radical (unpaired) electrons. The Morgan fingerprint density at radius 2 is 1.79 bits per heavy atom. The molecule has 0 aromatic rings. The molecule has 1 amide bonds. The van der Waals surface area contributed by atoms with Crippen LogP contribution in [0.1, 0.15) is 41.5 Å². The van der Waals surface area contributed by atoms with Crippen LogP contribution in [0, 0.1) is 0 Å². The van der Waals surface area contributed by atoms with E-state index in [-0.39, 0.29) is 30.8 Å². The van der Waals surface area contributed by atoms with E-state index in [1.54, 1.807) is 0 Å². The third kappa shape index (κ3) is 4.35. The molecule has 0 saturated carbocycles. The summed E-state index contributed by atoms with van der Waals surface area (Å²) in [7, 11) is 0. The van der Waals surface area contributed by atoms with Gasteiger partial charge in [-0.1, -0.05) is 0 Å². The Bertz CT molecular complexity index is 302. The number of carbonyl (C=O) groups excluding carboxylic acids is 1. The molecule has 0 bridgehead atoms. The minimum Gasteiger partial charge on any atom is -0.444 e. The van der Waals surface area contributed by atoms with E-state index in [2.05, 4.69) is 4.90 Å². The molecule has 0 aromatic heterocycles. The van der Waals surface area contributed by atoms with Crippen molar-refractivity contribution in [3.8, 4) is 0 Å². The molecule has 1 rings (SSSR count). The predicted molar refractivity (Wildman–Crippen MR) is 75.1 cm³/mol. The van der Waals surface area contributed by atoms with E-state index >= 15 is 0 Å². The second-order valence-corrected chi connectivity index (χ2v) is 6.57. The van der Waals surface area contributed by atoms with Crippen molar-refractivity contribution in [2.24, 2.45) is 0 Å². The summed E-state index contributed by atoms with van der Waals surface area (Å²) < 4.78 is 5.46. The second-order valence-electron chi connectivity index (χ2n) is 6.57. The number of amides is 1. The van der Waals surface area contributed by atoms with Crippen LogP contribution in [-0.2, 0) is 4.74 Å². The standard InChI is InChI=1S/C14H28N2O3/c1-10-7-15(12(3)9-17)8-11(2)16(10)13(18)19-14(4,5)6/h10-12,17H,7-9H2,1-6H3/t10-,11+,12-/m1/s1. The number of hydrogen-bond donors (Lipinski definition) is 1. The van der Waals surface area contributed by atoms with E-state index in [1.165, 1.54) is 0 Å². The lowest BCUT2D eigenvalue weighted by Crippen LogP contribution is -2.61. The van der Waals surface area contributed by atoms with Gasteiger partial charge in [-0.3, -0.25) is 4.90 Å². The number of ether oxygens (including phenoxy) is 1. The van der Waals surface area contributed by atoms with Crippen LogP contribution >= 0.6 is 0 Å². The molecule has 0 aromatic carbocycles. The van der Waals surface area contributed by atoms with Gasteiger partial charge in [-0.25, -0.2) is 4.79 Å². The summed E-state index contributed by atoms with van der Waals surface area (Å²) in [6, 6.07) is 0.311. The van der Waals surface area contributed by atoms with Crippen LogP contribution < -0.4 is 0 Å². The van der Waals surface area contributed by atoms with Crippen LogP contribution in [0.3, 0.4) is 0 Å². The first-order valence-electron chi connectivity index (χ1n) is 7.02. The molecule has 5 heteroatoms. The largest absolute Gasteiger partial charge is 0.444 e. The van der Waals surface area contributed by atoms with Crippen molar-refractivity contribution in [3.63, 3.8) is 0 Å². The fourth-order valence-electron chi connectivity index (χ4n) is 2.51. The first-order chi connectivity index (χ1) is 8.65. The quantitative estimate of drug-likeness (QED) is 0.831. The van der Waals surface area contributed by atoms with E-state index in [0.29, 0.717) is 0 Å². The molecule has 1 N–H and O–H groups in total. The maximum atomic E-state index is 12.2. The lowest BCUT2D eigenvalue weighted by Gasteiger charge is -2.46. The summed E-state index contributed by atoms with van der Waals surface area (Å²) in [5, 5.41) is 9.24. The van der Waals surface area contributed by atoms with Crippen LogP contribution in [-0.4, -0.2) is 64.4 Å². The van der Waals surface area contributed by atoms with Crippen molar-refractivity contribution in [2.45, 2.75) is 65.3 Å². The topological polar surface area (TPSA) is 53.0 Å². The molecule has 3 atom stereocenters. The number of piperazine rings is 1. The normalized spacial score (nSPS) is 27.2. The monoisotopic (exact) mass is 272 g/mol. The second kappa shape index (κ2) is 6.09. The summed E-state index contributed by atoms with van der Waals surface area (Å²) in [5.74, 6) is 0. The van der Waals surface area contributed by atoms with Gasteiger partial charge in [-0.15, -0.1) is 0 Å². The highest BCUT2D eigenvalue weighted by molar-refractivity contribution is 5.69. The first kappa shape index (κ1) is 16.2. The van der Waals surface area contributed by atoms with Gasteiger partial charge in [0.25, 0.3) is 0 Å². The number of nitrogens with zero attached hydrogens (tertiary/aromatic N) is 2. The van der Waals surface area contributed by atoms with E-state index < -0.39 is 5.60 Å². The summed E-state index contributed by atoms with van der Waals surface area (Å²) in [6.07, 6.45) is -0.246. The maximum absolute atomic E-state index is 12.2. The van der Waals surface area contributed by atoms with E-state index in [4.69, 9.17) is 4.74 Å². The van der Waals surface area contributed by atoms with Crippen molar-refractivity contribution in [1.29, 1.82) is 0 Å². The average molecular weight is 272 g/mol. The number of aliphatic hydroxyl groups is 1. The van der Waals surface area contributed by atoms with Crippen molar-refractivity contribution >= 4 is 6.09 Å². The van der Waals surface area contributed by atoms with Gasteiger partial charge in [0.05, 0.1) is 6.61 Å². The molecule has 1 aliphatic rings. The number of aliphatic hydroxyl groups excluding tert-OH is 1. The van der Waals surface area contributed by atoms with Gasteiger partial charge in [-0.2, -0.15) is 0 Å². The van der Waals surface area contributed by atoms with Crippen LogP contribution in [0.4, 0.5) is 4.79 Å². The zero-order valence-electron chi connectivity index (χ0n) is 13.0. The van der Waals surface area contributed by atoms with E-state index in [1.807, 2.05) is 46.4 Å². The number of rotatable bonds is 2. The van der Waals surface area contributed by atoms with Crippen molar-refractivity contribution in [2.75, 3.05) is 19.7 Å². The van der Waals surface area contributed by atoms with Crippen LogP contribution in [0.15, 0.2) is 0 Å². The van der Waals surface area contributed by atoms with Crippen molar-refractivity contribution in [3.05, 3.63) is 0 Å². The predicted octanol–water partition coefficient (Wildman–Crippen LogP) is 1.70. The lowest BCUT2D eigenvalue weighted by atomic mass is 10.1. The van der Waals surface area contributed by atoms with E-state index in [0.717, 1.165) is 13.1 Å². The van der Waals surface area contributed by atoms with Gasteiger partial charge in [0.15, 0.2) is 0 Å². The Morgan fingerprint density at radius 3 is 2.16 bits per heavy atom. The number of carbonyl (C=O) groups is 1. The third-order valence-electron chi connectivity index (χ3n) is 3.44. The Balaban J connectivity index is 2.70. The highest BCUT2D eigenvalue weighted by Crippen LogP contribution is 2.21. The molecule has 1 aliphatic heterocycles. The molecule has 5 nitrogen and oxygen atoms in total. The SMILES string of the molecule is C[C@H](CO)N1C[C@@H](C)N(C(=O)OC(C)(C)C)[C@@H](C)C1. The van der Waals surface area contributed by atoms with Crippen molar-refractivity contribution < 1.29 is 14.6 Å².